The maximum absolute atomic E-state index is 13.0. The second-order valence-corrected chi connectivity index (χ2v) is 6.74. The van der Waals surface area contributed by atoms with Crippen LogP contribution in [-0.4, -0.2) is 8.42 Å². The fourth-order valence-corrected chi connectivity index (χ4v) is 2.84. The maximum Gasteiger partial charge on any atom is 0.261 e. The maximum atomic E-state index is 13.0. The predicted octanol–water partition coefficient (Wildman–Crippen LogP) is 3.51. The lowest BCUT2D eigenvalue weighted by Gasteiger charge is -2.09. The van der Waals surface area contributed by atoms with Gasteiger partial charge in [0.2, 0.25) is 0 Å². The van der Waals surface area contributed by atoms with E-state index in [1.165, 1.54) is 12.1 Å². The Morgan fingerprint density at radius 3 is 1.95 bits per heavy atom. The number of benzene rings is 2. The van der Waals surface area contributed by atoms with E-state index < -0.39 is 27.5 Å². The number of sulfonamides is 1. The number of rotatable bonds is 3. The molecule has 0 aromatic heterocycles. The Hall–Kier alpha value is -1.29. The van der Waals surface area contributed by atoms with Crippen molar-refractivity contribution in [2.75, 3.05) is 4.72 Å². The Kier molecular flexibility index (Phi) is 4.23. The van der Waals surface area contributed by atoms with Gasteiger partial charge in [-0.1, -0.05) is 0 Å². The molecule has 0 saturated carbocycles. The molecule has 0 heterocycles. The summed E-state index contributed by atoms with van der Waals surface area (Å²) in [5.74, 6) is -4.59. The zero-order chi connectivity index (χ0) is 14.9. The molecule has 2 rings (SSSR count). The van der Waals surface area contributed by atoms with Gasteiger partial charge < -0.3 is 0 Å². The summed E-state index contributed by atoms with van der Waals surface area (Å²) in [4.78, 5) is -0.0666. The summed E-state index contributed by atoms with van der Waals surface area (Å²) < 4.78 is 65.6. The zero-order valence-corrected chi connectivity index (χ0v) is 12.7. The number of halogens is 4. The molecule has 8 heteroatoms. The number of hydrogen-bond donors (Lipinski definition) is 1. The van der Waals surface area contributed by atoms with Crippen molar-refractivity contribution in [2.24, 2.45) is 0 Å². The Bertz CT molecular complexity index is 725. The van der Waals surface area contributed by atoms with Crippen molar-refractivity contribution >= 4 is 38.3 Å². The molecule has 20 heavy (non-hydrogen) atoms. The average molecular weight is 413 g/mol. The van der Waals surface area contributed by atoms with Gasteiger partial charge in [-0.25, -0.2) is 21.6 Å². The van der Waals surface area contributed by atoms with Gasteiger partial charge in [-0.2, -0.15) is 0 Å². The molecular formula is C12H7F3INO2S. The smallest absolute Gasteiger partial charge is 0.261 e. The highest BCUT2D eigenvalue weighted by molar-refractivity contribution is 14.1. The van der Waals surface area contributed by atoms with E-state index in [1.807, 2.05) is 27.3 Å². The molecule has 2 aromatic rings. The molecule has 0 bridgehead atoms. The van der Waals surface area contributed by atoms with E-state index in [9.17, 15) is 21.6 Å². The van der Waals surface area contributed by atoms with Crippen molar-refractivity contribution < 1.29 is 21.6 Å². The van der Waals surface area contributed by atoms with Crippen LogP contribution in [0.25, 0.3) is 0 Å². The third-order valence-electron chi connectivity index (χ3n) is 2.36. The second kappa shape index (κ2) is 5.60. The van der Waals surface area contributed by atoms with E-state index in [0.29, 0.717) is 12.1 Å². The van der Waals surface area contributed by atoms with Gasteiger partial charge in [0.25, 0.3) is 10.0 Å². The molecule has 1 N–H and O–H groups in total. The lowest BCUT2D eigenvalue weighted by molar-refractivity contribution is 0.448. The van der Waals surface area contributed by atoms with Gasteiger partial charge in [0, 0.05) is 15.7 Å². The zero-order valence-electron chi connectivity index (χ0n) is 9.70. The summed E-state index contributed by atoms with van der Waals surface area (Å²) in [6.07, 6.45) is 0. The topological polar surface area (TPSA) is 46.2 Å². The van der Waals surface area contributed by atoms with Crippen LogP contribution in [0.5, 0.6) is 0 Å². The Morgan fingerprint density at radius 2 is 1.45 bits per heavy atom. The van der Waals surface area contributed by atoms with Crippen LogP contribution in [0.3, 0.4) is 0 Å². The second-order valence-electron chi connectivity index (χ2n) is 3.81. The first-order chi connectivity index (χ1) is 9.29. The summed E-state index contributed by atoms with van der Waals surface area (Å²) in [6.45, 7) is 0. The van der Waals surface area contributed by atoms with E-state index in [1.54, 1.807) is 12.1 Å². The van der Waals surface area contributed by atoms with E-state index in [0.717, 1.165) is 3.57 Å². The molecule has 0 spiro atoms. The van der Waals surface area contributed by atoms with Crippen LogP contribution in [0.4, 0.5) is 18.9 Å². The van der Waals surface area contributed by atoms with Gasteiger partial charge in [-0.3, -0.25) is 4.72 Å². The van der Waals surface area contributed by atoms with Crippen molar-refractivity contribution in [1.82, 2.24) is 0 Å². The van der Waals surface area contributed by atoms with Crippen molar-refractivity contribution in [3.8, 4) is 0 Å². The number of anilines is 1. The van der Waals surface area contributed by atoms with Gasteiger partial charge in [0.15, 0.2) is 17.5 Å². The van der Waals surface area contributed by atoms with Crippen LogP contribution in [-0.2, 0) is 10.0 Å². The van der Waals surface area contributed by atoms with Crippen LogP contribution in [0.1, 0.15) is 0 Å². The van der Waals surface area contributed by atoms with Crippen LogP contribution in [0.2, 0.25) is 0 Å². The number of nitrogens with one attached hydrogen (secondary N) is 1. The Morgan fingerprint density at radius 1 is 0.950 bits per heavy atom. The first-order valence-electron chi connectivity index (χ1n) is 5.22. The average Bonchev–Trinajstić information content (AvgIpc) is 2.36. The van der Waals surface area contributed by atoms with E-state index in [4.69, 9.17) is 0 Å². The largest absolute Gasteiger partial charge is 0.279 e. The predicted molar refractivity (Wildman–Crippen MR) is 76.3 cm³/mol. The highest BCUT2D eigenvalue weighted by atomic mass is 127. The molecule has 0 aliphatic rings. The van der Waals surface area contributed by atoms with E-state index in [2.05, 4.69) is 0 Å². The molecule has 0 fully saturated rings. The van der Waals surface area contributed by atoms with Crippen molar-refractivity contribution in [3.05, 3.63) is 57.4 Å². The van der Waals surface area contributed by atoms with Gasteiger partial charge in [0.05, 0.1) is 10.6 Å². The van der Waals surface area contributed by atoms with E-state index >= 15 is 0 Å². The summed E-state index contributed by atoms with van der Waals surface area (Å²) in [5, 5.41) is 0. The molecular weight excluding hydrogens is 406 g/mol. The molecule has 0 unspecified atom stereocenters. The minimum absolute atomic E-state index is 0.0666. The third kappa shape index (κ3) is 3.23. The quantitative estimate of drug-likeness (QED) is 0.619. The van der Waals surface area contributed by atoms with Gasteiger partial charge in [-0.15, -0.1) is 0 Å². The normalized spacial score (nSPS) is 11.4. The summed E-state index contributed by atoms with van der Waals surface area (Å²) >= 11 is 2.00. The first kappa shape index (κ1) is 15.1. The van der Waals surface area contributed by atoms with Gasteiger partial charge in [-0.05, 0) is 46.9 Å². The minimum atomic E-state index is -3.99. The molecule has 0 aliphatic carbocycles. The Balaban J connectivity index is 2.36. The third-order valence-corrected chi connectivity index (χ3v) is 4.48. The Labute approximate surface area is 127 Å². The fraction of sp³-hybridized carbons (Fsp3) is 0. The molecule has 0 saturated heterocycles. The van der Waals surface area contributed by atoms with Crippen LogP contribution >= 0.6 is 22.6 Å². The van der Waals surface area contributed by atoms with Crippen LogP contribution in [0.15, 0.2) is 41.3 Å². The summed E-state index contributed by atoms with van der Waals surface area (Å²) in [6, 6.07) is 6.98. The lowest BCUT2D eigenvalue weighted by Crippen LogP contribution is -2.13. The number of hydrogen-bond acceptors (Lipinski definition) is 2. The standard InChI is InChI=1S/C12H7F3INO2S/c13-10-5-8(6-11(14)12(10)15)17-20(18,19)9-3-1-7(16)2-4-9/h1-6,17H. The van der Waals surface area contributed by atoms with Crippen LogP contribution < -0.4 is 4.72 Å². The van der Waals surface area contributed by atoms with Gasteiger partial charge in [0.1, 0.15) is 0 Å². The summed E-state index contributed by atoms with van der Waals surface area (Å²) in [7, 11) is -3.99. The minimum Gasteiger partial charge on any atom is -0.279 e. The first-order valence-corrected chi connectivity index (χ1v) is 7.79. The highest BCUT2D eigenvalue weighted by Gasteiger charge is 2.17. The van der Waals surface area contributed by atoms with Crippen molar-refractivity contribution in [2.45, 2.75) is 4.90 Å². The SMILES string of the molecule is O=S(=O)(Nc1cc(F)c(F)c(F)c1)c1ccc(I)cc1. The van der Waals surface area contributed by atoms with E-state index in [-0.39, 0.29) is 10.6 Å². The molecule has 0 atom stereocenters. The van der Waals surface area contributed by atoms with Gasteiger partial charge >= 0.3 is 0 Å². The van der Waals surface area contributed by atoms with Crippen molar-refractivity contribution in [1.29, 1.82) is 0 Å². The fourth-order valence-electron chi connectivity index (χ4n) is 1.44. The molecule has 0 aliphatic heterocycles. The monoisotopic (exact) mass is 413 g/mol. The molecule has 0 amide bonds. The molecule has 2 aromatic carbocycles. The van der Waals surface area contributed by atoms with Crippen LogP contribution in [0, 0.1) is 21.0 Å². The highest BCUT2D eigenvalue weighted by Crippen LogP contribution is 2.21. The van der Waals surface area contributed by atoms with Crippen molar-refractivity contribution in [3.63, 3.8) is 0 Å². The lowest BCUT2D eigenvalue weighted by atomic mass is 10.3. The molecule has 0 radical (unpaired) electrons. The molecule has 106 valence electrons. The summed E-state index contributed by atoms with van der Waals surface area (Å²) in [5.41, 5.74) is -0.389. The molecule has 3 nitrogen and oxygen atoms in total.